The van der Waals surface area contributed by atoms with Crippen LogP contribution in [0.2, 0.25) is 0 Å². The quantitative estimate of drug-likeness (QED) is 0.787. The van der Waals surface area contributed by atoms with Crippen molar-refractivity contribution < 1.29 is 4.42 Å². The van der Waals surface area contributed by atoms with E-state index in [1.54, 1.807) is 6.26 Å². The minimum Gasteiger partial charge on any atom is -0.469 e. The predicted octanol–water partition coefficient (Wildman–Crippen LogP) is 3.21. The van der Waals surface area contributed by atoms with Crippen LogP contribution in [0.4, 0.5) is 0 Å². The molecule has 2 aromatic rings. The molecule has 3 saturated heterocycles. The van der Waals surface area contributed by atoms with Gasteiger partial charge in [0.15, 0.2) is 11.0 Å². The van der Waals surface area contributed by atoms with Crippen molar-refractivity contribution in [3.05, 3.63) is 18.1 Å². The lowest BCUT2D eigenvalue weighted by atomic mass is 9.78. The molecule has 0 spiro atoms. The van der Waals surface area contributed by atoms with Gasteiger partial charge in [-0.1, -0.05) is 11.8 Å². The molecular weight excluding hydrogens is 308 g/mol. The van der Waals surface area contributed by atoms with Crippen LogP contribution in [-0.4, -0.2) is 45.1 Å². The number of aromatic nitrogens is 3. The van der Waals surface area contributed by atoms with Crippen molar-refractivity contribution in [1.29, 1.82) is 0 Å². The average molecular weight is 332 g/mol. The number of rotatable bonds is 5. The van der Waals surface area contributed by atoms with Gasteiger partial charge in [0.2, 0.25) is 0 Å². The van der Waals surface area contributed by atoms with Crippen molar-refractivity contribution >= 4 is 11.8 Å². The second-order valence-corrected chi connectivity index (χ2v) is 7.85. The van der Waals surface area contributed by atoms with E-state index in [0.29, 0.717) is 0 Å². The molecule has 5 heterocycles. The molecule has 3 aliphatic heterocycles. The van der Waals surface area contributed by atoms with Crippen LogP contribution in [-0.2, 0) is 7.05 Å². The monoisotopic (exact) mass is 332 g/mol. The normalized spacial score (nSPS) is 26.8. The topological polar surface area (TPSA) is 47.1 Å². The highest BCUT2D eigenvalue weighted by molar-refractivity contribution is 7.99. The minimum absolute atomic E-state index is 0.883. The Morgan fingerprint density at radius 1 is 1.30 bits per heavy atom. The third-order valence-corrected chi connectivity index (χ3v) is 6.50. The second-order valence-electron chi connectivity index (χ2n) is 6.79. The molecule has 5 rings (SSSR count). The lowest BCUT2D eigenvalue weighted by Gasteiger charge is -2.45. The van der Waals surface area contributed by atoms with E-state index < -0.39 is 0 Å². The van der Waals surface area contributed by atoms with Gasteiger partial charge in [-0.15, -0.1) is 10.2 Å². The standard InChI is InChI=1S/C17H24N4OS/c1-12-15(5-9-22-12)16-18-19-17(20(16)2)23-10-6-14-11-21-7-3-13(14)4-8-21/h5,9,13-14H,3-4,6-8,10-11H2,1-2H3. The summed E-state index contributed by atoms with van der Waals surface area (Å²) >= 11 is 1.83. The first-order valence-corrected chi connectivity index (χ1v) is 9.50. The zero-order chi connectivity index (χ0) is 15.8. The van der Waals surface area contributed by atoms with Crippen LogP contribution < -0.4 is 0 Å². The average Bonchev–Trinajstić information content (AvgIpc) is 3.15. The molecule has 3 fully saturated rings. The highest BCUT2D eigenvalue weighted by Crippen LogP contribution is 2.35. The maximum absolute atomic E-state index is 5.38. The van der Waals surface area contributed by atoms with Gasteiger partial charge in [-0.05, 0) is 57.2 Å². The van der Waals surface area contributed by atoms with Gasteiger partial charge in [-0.2, -0.15) is 0 Å². The smallest absolute Gasteiger partial charge is 0.191 e. The summed E-state index contributed by atoms with van der Waals surface area (Å²) in [7, 11) is 2.04. The third kappa shape index (κ3) is 2.94. The molecule has 1 atom stereocenters. The highest BCUT2D eigenvalue weighted by atomic mass is 32.2. The van der Waals surface area contributed by atoms with Crippen molar-refractivity contribution in [2.45, 2.75) is 31.3 Å². The molecule has 3 aliphatic rings. The van der Waals surface area contributed by atoms with Crippen LogP contribution in [0.15, 0.2) is 21.9 Å². The first-order valence-electron chi connectivity index (χ1n) is 8.51. The SMILES string of the molecule is Cc1occc1-c1nnc(SCCC2CN3CCC2CC3)n1C. The fraction of sp³-hybridized carbons (Fsp3) is 0.647. The van der Waals surface area contributed by atoms with Gasteiger partial charge in [0.1, 0.15) is 5.76 Å². The molecule has 1 unspecified atom stereocenters. The van der Waals surface area contributed by atoms with E-state index in [9.17, 15) is 0 Å². The Bertz CT molecular complexity index is 672. The van der Waals surface area contributed by atoms with Crippen molar-refractivity contribution in [1.82, 2.24) is 19.7 Å². The van der Waals surface area contributed by atoms with E-state index in [1.807, 2.05) is 31.8 Å². The van der Waals surface area contributed by atoms with E-state index >= 15 is 0 Å². The van der Waals surface area contributed by atoms with Crippen LogP contribution in [0.1, 0.15) is 25.0 Å². The van der Waals surface area contributed by atoms with Gasteiger partial charge >= 0.3 is 0 Å². The van der Waals surface area contributed by atoms with E-state index in [0.717, 1.165) is 39.9 Å². The molecule has 0 N–H and O–H groups in total. The van der Waals surface area contributed by atoms with E-state index in [4.69, 9.17) is 4.42 Å². The molecule has 0 aliphatic carbocycles. The van der Waals surface area contributed by atoms with Crippen molar-refractivity contribution in [3.63, 3.8) is 0 Å². The third-order valence-electron chi connectivity index (χ3n) is 5.45. The number of hydrogen-bond acceptors (Lipinski definition) is 5. The van der Waals surface area contributed by atoms with Gasteiger partial charge in [0, 0.05) is 19.3 Å². The van der Waals surface area contributed by atoms with Gasteiger partial charge < -0.3 is 13.9 Å². The number of hydrogen-bond donors (Lipinski definition) is 0. The lowest BCUT2D eigenvalue weighted by Crippen LogP contribution is -2.47. The Morgan fingerprint density at radius 2 is 2.13 bits per heavy atom. The largest absolute Gasteiger partial charge is 0.469 e. The van der Waals surface area contributed by atoms with Crippen molar-refractivity contribution in [3.8, 4) is 11.4 Å². The summed E-state index contributed by atoms with van der Waals surface area (Å²) in [5.74, 6) is 4.76. The summed E-state index contributed by atoms with van der Waals surface area (Å²) in [5.41, 5.74) is 1.03. The first-order chi connectivity index (χ1) is 11.2. The zero-order valence-corrected chi connectivity index (χ0v) is 14.7. The van der Waals surface area contributed by atoms with Crippen LogP contribution in [0.3, 0.4) is 0 Å². The Kier molecular flexibility index (Phi) is 4.20. The molecule has 124 valence electrons. The fourth-order valence-corrected chi connectivity index (χ4v) is 4.99. The number of piperidine rings is 3. The Hall–Kier alpha value is -1.27. The molecule has 0 amide bonds. The molecule has 2 bridgehead atoms. The van der Waals surface area contributed by atoms with E-state index in [2.05, 4.69) is 19.7 Å². The molecule has 23 heavy (non-hydrogen) atoms. The maximum atomic E-state index is 5.38. The Labute approximate surface area is 141 Å². The van der Waals surface area contributed by atoms with E-state index in [1.165, 1.54) is 38.9 Å². The van der Waals surface area contributed by atoms with Crippen molar-refractivity contribution in [2.24, 2.45) is 18.9 Å². The zero-order valence-electron chi connectivity index (χ0n) is 13.9. The van der Waals surface area contributed by atoms with E-state index in [-0.39, 0.29) is 0 Å². The van der Waals surface area contributed by atoms with Crippen LogP contribution >= 0.6 is 11.8 Å². The Morgan fingerprint density at radius 3 is 2.78 bits per heavy atom. The Balaban J connectivity index is 1.37. The molecule has 0 aromatic carbocycles. The molecule has 2 aromatic heterocycles. The van der Waals surface area contributed by atoms with Crippen LogP contribution in [0.5, 0.6) is 0 Å². The van der Waals surface area contributed by atoms with Gasteiger partial charge in [0.05, 0.1) is 11.8 Å². The molecular formula is C17H24N4OS. The van der Waals surface area contributed by atoms with Crippen LogP contribution in [0.25, 0.3) is 11.4 Å². The fourth-order valence-electron chi connectivity index (χ4n) is 4.01. The summed E-state index contributed by atoms with van der Waals surface area (Å²) in [5, 5.41) is 9.72. The highest BCUT2D eigenvalue weighted by Gasteiger charge is 2.33. The first kappa shape index (κ1) is 15.3. The van der Waals surface area contributed by atoms with Gasteiger partial charge in [-0.25, -0.2) is 0 Å². The molecule has 0 saturated carbocycles. The maximum Gasteiger partial charge on any atom is 0.191 e. The number of fused-ring (bicyclic) bond motifs is 3. The predicted molar refractivity (Wildman–Crippen MR) is 91.4 cm³/mol. The number of thioether (sulfide) groups is 1. The summed E-state index contributed by atoms with van der Waals surface area (Å²) in [4.78, 5) is 2.64. The van der Waals surface area contributed by atoms with Gasteiger partial charge in [-0.3, -0.25) is 0 Å². The number of furan rings is 1. The number of nitrogens with zero attached hydrogens (tertiary/aromatic N) is 4. The summed E-state index contributed by atoms with van der Waals surface area (Å²) in [6.45, 7) is 5.92. The van der Waals surface area contributed by atoms with Crippen molar-refractivity contribution in [2.75, 3.05) is 25.4 Å². The summed E-state index contributed by atoms with van der Waals surface area (Å²) in [6, 6.07) is 1.96. The summed E-state index contributed by atoms with van der Waals surface area (Å²) < 4.78 is 7.46. The molecule has 5 nitrogen and oxygen atoms in total. The minimum atomic E-state index is 0.883. The molecule has 6 heteroatoms. The number of aryl methyl sites for hydroxylation is 1. The van der Waals surface area contributed by atoms with Gasteiger partial charge in [0.25, 0.3) is 0 Å². The summed E-state index contributed by atoms with van der Waals surface area (Å²) in [6.07, 6.45) is 5.81. The molecule has 0 radical (unpaired) electrons. The second kappa shape index (κ2) is 6.32. The van der Waals surface area contributed by atoms with Crippen LogP contribution in [0, 0.1) is 18.8 Å². The lowest BCUT2D eigenvalue weighted by molar-refractivity contribution is 0.0498.